The molecule has 112 valence electrons. The van der Waals surface area contributed by atoms with Gasteiger partial charge in [0.05, 0.1) is 17.6 Å². The molecule has 2 nitrogen and oxygen atoms in total. The van der Waals surface area contributed by atoms with Gasteiger partial charge in [-0.25, -0.2) is 4.39 Å². The molecule has 2 aromatic rings. The van der Waals surface area contributed by atoms with Crippen molar-refractivity contribution in [2.24, 2.45) is 0 Å². The van der Waals surface area contributed by atoms with Crippen LogP contribution in [0.5, 0.6) is 5.75 Å². The predicted octanol–water partition coefficient (Wildman–Crippen LogP) is 4.60. The van der Waals surface area contributed by atoms with Gasteiger partial charge in [-0.15, -0.1) is 0 Å². The minimum atomic E-state index is -0.324. The monoisotopic (exact) mass is 351 g/mol. The summed E-state index contributed by atoms with van der Waals surface area (Å²) in [6, 6.07) is 11.4. The molecule has 4 heteroatoms. The molecule has 0 fully saturated rings. The summed E-state index contributed by atoms with van der Waals surface area (Å²) < 4.78 is 19.5. The highest BCUT2D eigenvalue weighted by molar-refractivity contribution is 9.10. The van der Waals surface area contributed by atoms with Crippen molar-refractivity contribution in [1.29, 1.82) is 0 Å². The second-order valence-corrected chi connectivity index (χ2v) is 5.77. The van der Waals surface area contributed by atoms with E-state index in [0.29, 0.717) is 10.2 Å². The van der Waals surface area contributed by atoms with Gasteiger partial charge in [-0.05, 0) is 41.0 Å². The van der Waals surface area contributed by atoms with E-state index >= 15 is 0 Å². The Hall–Kier alpha value is -1.39. The van der Waals surface area contributed by atoms with E-state index in [4.69, 9.17) is 4.74 Å². The van der Waals surface area contributed by atoms with E-state index in [1.54, 1.807) is 13.2 Å². The molecule has 0 radical (unpaired) electrons. The van der Waals surface area contributed by atoms with Gasteiger partial charge in [0.2, 0.25) is 0 Å². The van der Waals surface area contributed by atoms with Crippen LogP contribution in [-0.4, -0.2) is 13.7 Å². The van der Waals surface area contributed by atoms with Gasteiger partial charge in [0.25, 0.3) is 0 Å². The highest BCUT2D eigenvalue weighted by Gasteiger charge is 2.19. The van der Waals surface area contributed by atoms with Crippen molar-refractivity contribution < 1.29 is 9.13 Å². The second kappa shape index (κ2) is 7.05. The van der Waals surface area contributed by atoms with Crippen LogP contribution >= 0.6 is 15.9 Å². The molecule has 1 atom stereocenters. The average molecular weight is 352 g/mol. The lowest BCUT2D eigenvalue weighted by atomic mass is 9.96. The molecule has 0 saturated carbocycles. The summed E-state index contributed by atoms with van der Waals surface area (Å²) in [5.41, 5.74) is 3.24. The van der Waals surface area contributed by atoms with Gasteiger partial charge in [-0.1, -0.05) is 36.8 Å². The number of aryl methyl sites for hydroxylation is 1. The topological polar surface area (TPSA) is 21.3 Å². The number of nitrogens with one attached hydrogen (secondary N) is 1. The molecule has 0 aliphatic carbocycles. The molecule has 0 heterocycles. The van der Waals surface area contributed by atoms with Crippen molar-refractivity contribution in [3.05, 3.63) is 63.4 Å². The quantitative estimate of drug-likeness (QED) is 0.849. The highest BCUT2D eigenvalue weighted by Crippen LogP contribution is 2.34. The van der Waals surface area contributed by atoms with E-state index in [0.717, 1.165) is 17.7 Å². The van der Waals surface area contributed by atoms with Gasteiger partial charge < -0.3 is 10.1 Å². The highest BCUT2D eigenvalue weighted by atomic mass is 79.9. The lowest BCUT2D eigenvalue weighted by molar-refractivity contribution is 0.400. The van der Waals surface area contributed by atoms with Crippen LogP contribution in [0, 0.1) is 12.7 Å². The second-order valence-electron chi connectivity index (χ2n) is 4.91. The third-order valence-corrected chi connectivity index (χ3v) is 3.98. The van der Waals surface area contributed by atoms with Gasteiger partial charge in [0, 0.05) is 11.6 Å². The maximum absolute atomic E-state index is 13.7. The number of methoxy groups -OCH3 is 1. The number of hydrogen-bond acceptors (Lipinski definition) is 2. The minimum Gasteiger partial charge on any atom is -0.496 e. The Morgan fingerprint density at radius 3 is 2.67 bits per heavy atom. The Labute approximate surface area is 133 Å². The molecule has 2 aromatic carbocycles. The van der Waals surface area contributed by atoms with Crippen LogP contribution in [0.1, 0.15) is 29.7 Å². The standard InChI is InChI=1S/C17H19BrFNO/c1-4-20-17(12-7-5-6-11(2)8-12)13-9-14(18)15(19)10-16(13)21-3/h5-10,17,20H,4H2,1-3H3. The van der Waals surface area contributed by atoms with E-state index < -0.39 is 0 Å². The third-order valence-electron chi connectivity index (χ3n) is 3.37. The normalized spacial score (nSPS) is 12.2. The van der Waals surface area contributed by atoms with Gasteiger partial charge in [0.15, 0.2) is 0 Å². The lowest BCUT2D eigenvalue weighted by Gasteiger charge is -2.22. The summed E-state index contributed by atoms with van der Waals surface area (Å²) in [5, 5.41) is 3.44. The molecule has 0 aliphatic heterocycles. The molecule has 21 heavy (non-hydrogen) atoms. The van der Waals surface area contributed by atoms with Crippen molar-refractivity contribution in [3.8, 4) is 5.75 Å². The summed E-state index contributed by atoms with van der Waals surface area (Å²) in [4.78, 5) is 0. The van der Waals surface area contributed by atoms with Crippen LogP contribution < -0.4 is 10.1 Å². The molecule has 0 amide bonds. The van der Waals surface area contributed by atoms with E-state index in [1.807, 2.05) is 13.0 Å². The van der Waals surface area contributed by atoms with E-state index in [1.165, 1.54) is 11.6 Å². The first-order valence-corrected chi connectivity index (χ1v) is 7.69. The van der Waals surface area contributed by atoms with Crippen LogP contribution in [-0.2, 0) is 0 Å². The van der Waals surface area contributed by atoms with Gasteiger partial charge in [-0.3, -0.25) is 0 Å². The van der Waals surface area contributed by atoms with Crippen LogP contribution in [0.25, 0.3) is 0 Å². The van der Waals surface area contributed by atoms with E-state index in [-0.39, 0.29) is 11.9 Å². The molecular weight excluding hydrogens is 333 g/mol. The number of ether oxygens (including phenoxy) is 1. The Morgan fingerprint density at radius 1 is 1.29 bits per heavy atom. The van der Waals surface area contributed by atoms with Crippen LogP contribution in [0.3, 0.4) is 0 Å². The molecule has 1 N–H and O–H groups in total. The number of hydrogen-bond donors (Lipinski definition) is 1. The largest absolute Gasteiger partial charge is 0.496 e. The minimum absolute atomic E-state index is 0.0400. The van der Waals surface area contributed by atoms with Crippen molar-refractivity contribution in [2.45, 2.75) is 19.9 Å². The maximum Gasteiger partial charge on any atom is 0.141 e. The molecule has 0 spiro atoms. The van der Waals surface area contributed by atoms with Crippen LogP contribution in [0.4, 0.5) is 4.39 Å². The maximum atomic E-state index is 13.7. The first-order valence-electron chi connectivity index (χ1n) is 6.89. The number of benzene rings is 2. The van der Waals surface area contributed by atoms with Gasteiger partial charge in [0.1, 0.15) is 11.6 Å². The fourth-order valence-corrected chi connectivity index (χ4v) is 2.77. The first-order chi connectivity index (χ1) is 10.1. The smallest absolute Gasteiger partial charge is 0.141 e. The van der Waals surface area contributed by atoms with Crippen molar-refractivity contribution in [2.75, 3.05) is 13.7 Å². The summed E-state index contributed by atoms with van der Waals surface area (Å²) >= 11 is 3.26. The average Bonchev–Trinajstić information content (AvgIpc) is 2.47. The number of halogens is 2. The lowest BCUT2D eigenvalue weighted by Crippen LogP contribution is -2.22. The molecule has 2 rings (SSSR count). The van der Waals surface area contributed by atoms with Crippen molar-refractivity contribution in [1.82, 2.24) is 5.32 Å². The van der Waals surface area contributed by atoms with Gasteiger partial charge >= 0.3 is 0 Å². The zero-order chi connectivity index (χ0) is 15.4. The molecule has 0 aromatic heterocycles. The van der Waals surface area contributed by atoms with Crippen LogP contribution in [0.2, 0.25) is 0 Å². The summed E-state index contributed by atoms with van der Waals surface area (Å²) in [6.07, 6.45) is 0. The molecule has 0 saturated heterocycles. The van der Waals surface area contributed by atoms with E-state index in [9.17, 15) is 4.39 Å². The summed E-state index contributed by atoms with van der Waals surface area (Å²) in [5.74, 6) is 0.221. The Morgan fingerprint density at radius 2 is 2.05 bits per heavy atom. The SMILES string of the molecule is CCNC(c1cccc(C)c1)c1cc(Br)c(F)cc1OC. The first kappa shape index (κ1) is 16.0. The van der Waals surface area contributed by atoms with E-state index in [2.05, 4.69) is 46.4 Å². The third kappa shape index (κ3) is 3.63. The molecule has 0 bridgehead atoms. The molecule has 0 aliphatic rings. The molecule has 1 unspecified atom stereocenters. The van der Waals surface area contributed by atoms with Crippen molar-refractivity contribution >= 4 is 15.9 Å². The zero-order valence-corrected chi connectivity index (χ0v) is 14.0. The summed E-state index contributed by atoms with van der Waals surface area (Å²) in [7, 11) is 1.56. The summed E-state index contributed by atoms with van der Waals surface area (Å²) in [6.45, 7) is 4.91. The number of rotatable bonds is 5. The Balaban J connectivity index is 2.55. The predicted molar refractivity (Wildman–Crippen MR) is 87.4 cm³/mol. The van der Waals surface area contributed by atoms with Crippen LogP contribution in [0.15, 0.2) is 40.9 Å². The Kier molecular flexibility index (Phi) is 5.37. The van der Waals surface area contributed by atoms with Gasteiger partial charge in [-0.2, -0.15) is 0 Å². The fourth-order valence-electron chi connectivity index (χ4n) is 2.41. The van der Waals surface area contributed by atoms with Crippen molar-refractivity contribution in [3.63, 3.8) is 0 Å². The molecular formula is C17H19BrFNO. The zero-order valence-electron chi connectivity index (χ0n) is 12.4. The fraction of sp³-hybridized carbons (Fsp3) is 0.294. The Bertz CT molecular complexity index is 630.